The van der Waals surface area contributed by atoms with Gasteiger partial charge in [0.1, 0.15) is 0 Å². The Hall–Kier alpha value is -0.0900. The van der Waals surface area contributed by atoms with Gasteiger partial charge in [0.05, 0.1) is 12.4 Å². The molecule has 0 amide bonds. The van der Waals surface area contributed by atoms with Gasteiger partial charge in [-0.1, -0.05) is 6.92 Å². The summed E-state index contributed by atoms with van der Waals surface area (Å²) in [5.41, 5.74) is 0. The first-order valence-corrected chi connectivity index (χ1v) is 4.36. The Kier molecular flexibility index (Phi) is 3.81. The molecule has 0 aromatic carbocycles. The molecular formula is C5H11O3S. The van der Waals surface area contributed by atoms with Gasteiger partial charge in [-0.2, -0.15) is 8.42 Å². The zero-order valence-electron chi connectivity index (χ0n) is 5.46. The second kappa shape index (κ2) is 3.85. The average Bonchev–Trinajstić information content (AvgIpc) is 1.64. The van der Waals surface area contributed by atoms with E-state index < -0.39 is 10.1 Å². The zero-order chi connectivity index (χ0) is 7.33. The van der Waals surface area contributed by atoms with Gasteiger partial charge >= 0.3 is 0 Å². The van der Waals surface area contributed by atoms with E-state index in [9.17, 15) is 8.42 Å². The first kappa shape index (κ1) is 8.91. The normalized spacial score (nSPS) is 11.8. The summed E-state index contributed by atoms with van der Waals surface area (Å²) in [6.45, 7) is 5.24. The van der Waals surface area contributed by atoms with Crippen molar-refractivity contribution in [2.75, 3.05) is 12.4 Å². The fourth-order valence-electron chi connectivity index (χ4n) is 0.415. The molecule has 0 aromatic rings. The lowest BCUT2D eigenvalue weighted by Crippen LogP contribution is -2.09. The molecule has 0 bridgehead atoms. The minimum atomic E-state index is -3.24. The molecule has 0 aliphatic rings. The van der Waals surface area contributed by atoms with Crippen LogP contribution in [0.15, 0.2) is 0 Å². The Morgan fingerprint density at radius 2 is 2.11 bits per heavy atom. The Morgan fingerprint density at radius 1 is 1.56 bits per heavy atom. The Bertz CT molecular complexity index is 136. The van der Waals surface area contributed by atoms with Crippen LogP contribution >= 0.6 is 0 Å². The lowest BCUT2D eigenvalue weighted by Gasteiger charge is -1.98. The summed E-state index contributed by atoms with van der Waals surface area (Å²) in [6.07, 6.45) is 0.363. The van der Waals surface area contributed by atoms with Crippen molar-refractivity contribution in [3.05, 3.63) is 6.92 Å². The molecule has 0 spiro atoms. The van der Waals surface area contributed by atoms with Crippen LogP contribution in [0.2, 0.25) is 0 Å². The van der Waals surface area contributed by atoms with E-state index in [0.29, 0.717) is 6.42 Å². The lowest BCUT2D eigenvalue weighted by atomic mass is 10.6. The highest BCUT2D eigenvalue weighted by Crippen LogP contribution is 1.93. The maximum absolute atomic E-state index is 10.6. The van der Waals surface area contributed by atoms with E-state index >= 15 is 0 Å². The molecule has 55 valence electrons. The third-order valence-corrected chi connectivity index (χ3v) is 2.08. The van der Waals surface area contributed by atoms with E-state index in [1.807, 2.05) is 0 Å². The fraction of sp³-hybridized carbons (Fsp3) is 0.800. The van der Waals surface area contributed by atoms with E-state index in [4.69, 9.17) is 0 Å². The molecule has 0 saturated carbocycles. The standard InChI is InChI=1S/C5H11O3S/c1-3-5-9(6,7)8-4-2/h1,3-5H2,2H3. The van der Waals surface area contributed by atoms with E-state index in [1.165, 1.54) is 0 Å². The van der Waals surface area contributed by atoms with Gasteiger partial charge in [-0.25, -0.2) is 0 Å². The average molecular weight is 151 g/mol. The van der Waals surface area contributed by atoms with Crippen LogP contribution in [-0.4, -0.2) is 20.8 Å². The molecule has 0 atom stereocenters. The van der Waals surface area contributed by atoms with E-state index in [1.54, 1.807) is 6.92 Å². The van der Waals surface area contributed by atoms with Crippen LogP contribution in [-0.2, 0) is 14.3 Å². The second-order valence-electron chi connectivity index (χ2n) is 1.52. The van der Waals surface area contributed by atoms with Gasteiger partial charge in [-0.3, -0.25) is 4.18 Å². The van der Waals surface area contributed by atoms with Gasteiger partial charge in [0.15, 0.2) is 0 Å². The van der Waals surface area contributed by atoms with Crippen LogP contribution in [0.5, 0.6) is 0 Å². The molecule has 0 aliphatic carbocycles. The fourth-order valence-corrected chi connectivity index (χ4v) is 1.25. The third kappa shape index (κ3) is 4.42. The van der Waals surface area contributed by atoms with E-state index in [2.05, 4.69) is 11.1 Å². The maximum atomic E-state index is 10.6. The highest BCUT2D eigenvalue weighted by atomic mass is 32.2. The predicted octanol–water partition coefficient (Wildman–Crippen LogP) is 0.577. The van der Waals surface area contributed by atoms with Crippen LogP contribution in [0.4, 0.5) is 0 Å². The van der Waals surface area contributed by atoms with Crippen molar-refractivity contribution in [1.29, 1.82) is 0 Å². The minimum Gasteiger partial charge on any atom is -0.270 e. The number of hydrogen-bond donors (Lipinski definition) is 0. The van der Waals surface area contributed by atoms with Crippen LogP contribution < -0.4 is 0 Å². The maximum Gasteiger partial charge on any atom is 0.267 e. The van der Waals surface area contributed by atoms with Crippen molar-refractivity contribution in [3.8, 4) is 0 Å². The first-order valence-electron chi connectivity index (χ1n) is 2.78. The van der Waals surface area contributed by atoms with Crippen LogP contribution in [0.3, 0.4) is 0 Å². The quantitative estimate of drug-likeness (QED) is 0.552. The van der Waals surface area contributed by atoms with Gasteiger partial charge in [-0.05, 0) is 13.3 Å². The molecule has 3 nitrogen and oxygen atoms in total. The number of hydrogen-bond acceptors (Lipinski definition) is 3. The van der Waals surface area contributed by atoms with Crippen molar-refractivity contribution in [1.82, 2.24) is 0 Å². The van der Waals surface area contributed by atoms with Crippen molar-refractivity contribution >= 4 is 10.1 Å². The second-order valence-corrected chi connectivity index (χ2v) is 3.28. The molecule has 0 saturated heterocycles. The van der Waals surface area contributed by atoms with Gasteiger partial charge in [-0.15, -0.1) is 0 Å². The molecule has 4 heteroatoms. The summed E-state index contributed by atoms with van der Waals surface area (Å²) >= 11 is 0. The Labute approximate surface area is 56.1 Å². The van der Waals surface area contributed by atoms with E-state index in [-0.39, 0.29) is 12.4 Å². The highest BCUT2D eigenvalue weighted by Gasteiger charge is 2.06. The van der Waals surface area contributed by atoms with Crippen LogP contribution in [0.1, 0.15) is 13.3 Å². The largest absolute Gasteiger partial charge is 0.270 e. The molecular weight excluding hydrogens is 140 g/mol. The van der Waals surface area contributed by atoms with Crippen molar-refractivity contribution in [2.45, 2.75) is 13.3 Å². The summed E-state index contributed by atoms with van der Waals surface area (Å²) in [6, 6.07) is 0. The molecule has 0 heterocycles. The molecule has 0 fully saturated rings. The third-order valence-electron chi connectivity index (χ3n) is 0.692. The summed E-state index contributed by atoms with van der Waals surface area (Å²) in [5, 5.41) is 0. The Balaban J connectivity index is 3.73. The van der Waals surface area contributed by atoms with Gasteiger partial charge in [0.2, 0.25) is 0 Å². The highest BCUT2D eigenvalue weighted by molar-refractivity contribution is 7.86. The summed E-state index contributed by atoms with van der Waals surface area (Å²) < 4.78 is 25.5. The van der Waals surface area contributed by atoms with Crippen LogP contribution in [0.25, 0.3) is 0 Å². The lowest BCUT2D eigenvalue weighted by molar-refractivity contribution is 0.338. The Morgan fingerprint density at radius 3 is 2.44 bits per heavy atom. The molecule has 9 heavy (non-hydrogen) atoms. The SMILES string of the molecule is [CH2]CCS(=O)(=O)OCC. The van der Waals surface area contributed by atoms with Gasteiger partial charge in [0.25, 0.3) is 10.1 Å². The molecule has 0 aliphatic heterocycles. The van der Waals surface area contributed by atoms with Crippen molar-refractivity contribution in [3.63, 3.8) is 0 Å². The molecule has 1 radical (unpaired) electrons. The predicted molar refractivity (Wildman–Crippen MR) is 35.4 cm³/mol. The van der Waals surface area contributed by atoms with Crippen molar-refractivity contribution in [2.24, 2.45) is 0 Å². The number of rotatable bonds is 4. The van der Waals surface area contributed by atoms with E-state index in [0.717, 1.165) is 0 Å². The molecule has 0 N–H and O–H groups in total. The molecule has 0 unspecified atom stereocenters. The zero-order valence-corrected chi connectivity index (χ0v) is 6.28. The van der Waals surface area contributed by atoms with Gasteiger partial charge in [0, 0.05) is 0 Å². The van der Waals surface area contributed by atoms with Gasteiger partial charge < -0.3 is 0 Å². The summed E-state index contributed by atoms with van der Waals surface area (Å²) in [7, 11) is -3.24. The molecule has 0 rings (SSSR count). The monoisotopic (exact) mass is 151 g/mol. The summed E-state index contributed by atoms with van der Waals surface area (Å²) in [5.74, 6) is 0.0147. The minimum absolute atomic E-state index is 0.0147. The summed E-state index contributed by atoms with van der Waals surface area (Å²) in [4.78, 5) is 0. The topological polar surface area (TPSA) is 43.4 Å². The van der Waals surface area contributed by atoms with Crippen molar-refractivity contribution < 1.29 is 12.6 Å². The smallest absolute Gasteiger partial charge is 0.267 e. The first-order chi connectivity index (χ1) is 4.12. The molecule has 0 aromatic heterocycles. The van der Waals surface area contributed by atoms with Crippen LogP contribution in [0, 0.1) is 6.92 Å².